The average molecular weight is 253 g/mol. The fourth-order valence-electron chi connectivity index (χ4n) is 1.43. The van der Waals surface area contributed by atoms with Crippen molar-refractivity contribution < 1.29 is 9.15 Å². The van der Waals surface area contributed by atoms with Crippen LogP contribution in [0, 0.1) is 0 Å². The number of halogens is 1. The van der Waals surface area contributed by atoms with Gasteiger partial charge in [0.05, 0.1) is 11.1 Å². The fourth-order valence-corrected chi connectivity index (χ4v) is 1.65. The van der Waals surface area contributed by atoms with Gasteiger partial charge in [-0.25, -0.2) is 0 Å². The molecular formula is C12H13ClN2O2. The molecule has 0 fully saturated rings. The lowest BCUT2D eigenvalue weighted by Crippen LogP contribution is -2.05. The number of rotatable bonds is 3. The summed E-state index contributed by atoms with van der Waals surface area (Å²) in [7, 11) is 0. The Morgan fingerprint density at radius 2 is 2.18 bits per heavy atom. The summed E-state index contributed by atoms with van der Waals surface area (Å²) < 4.78 is 10.5. The summed E-state index contributed by atoms with van der Waals surface area (Å²) in [5.74, 6) is 0.655. The van der Waals surface area contributed by atoms with Crippen LogP contribution in [0.2, 0.25) is 5.02 Å². The Labute approximate surface area is 104 Å². The number of nitrogens with two attached hydrogens (primary N) is 1. The number of oxazole rings is 1. The van der Waals surface area contributed by atoms with Crippen LogP contribution in [0.15, 0.2) is 28.9 Å². The molecule has 1 aromatic carbocycles. The molecule has 90 valence electrons. The van der Waals surface area contributed by atoms with Gasteiger partial charge < -0.3 is 14.9 Å². The zero-order chi connectivity index (χ0) is 12.4. The van der Waals surface area contributed by atoms with E-state index in [4.69, 9.17) is 26.5 Å². The van der Waals surface area contributed by atoms with E-state index in [0.29, 0.717) is 16.5 Å². The molecule has 1 aromatic heterocycles. The first-order chi connectivity index (χ1) is 8.06. The molecule has 0 atom stereocenters. The Balaban J connectivity index is 2.30. The molecule has 17 heavy (non-hydrogen) atoms. The Morgan fingerprint density at radius 3 is 2.71 bits per heavy atom. The van der Waals surface area contributed by atoms with E-state index in [1.807, 2.05) is 26.0 Å². The Hall–Kier alpha value is -1.68. The zero-order valence-corrected chi connectivity index (χ0v) is 10.4. The molecule has 2 N–H and O–H groups in total. The third kappa shape index (κ3) is 2.71. The van der Waals surface area contributed by atoms with E-state index < -0.39 is 0 Å². The van der Waals surface area contributed by atoms with Crippen LogP contribution in [0.4, 0.5) is 6.01 Å². The van der Waals surface area contributed by atoms with Crippen LogP contribution in [0.25, 0.3) is 11.3 Å². The van der Waals surface area contributed by atoms with Crippen LogP contribution >= 0.6 is 11.6 Å². The Bertz CT molecular complexity index is 523. The molecule has 0 aliphatic rings. The topological polar surface area (TPSA) is 61.3 Å². The van der Waals surface area contributed by atoms with E-state index in [-0.39, 0.29) is 12.1 Å². The maximum absolute atomic E-state index is 6.12. The van der Waals surface area contributed by atoms with Crippen molar-refractivity contribution in [2.45, 2.75) is 20.0 Å². The number of hydrogen-bond acceptors (Lipinski definition) is 4. The summed E-state index contributed by atoms with van der Waals surface area (Å²) in [4.78, 5) is 4.02. The lowest BCUT2D eigenvalue weighted by atomic mass is 10.1. The van der Waals surface area contributed by atoms with Crippen molar-refractivity contribution in [3.05, 3.63) is 29.5 Å². The highest BCUT2D eigenvalue weighted by Crippen LogP contribution is 2.30. The number of ether oxygens (including phenoxy) is 1. The number of nitrogens with zero attached hydrogens (tertiary/aromatic N) is 1. The van der Waals surface area contributed by atoms with Crippen molar-refractivity contribution in [3.8, 4) is 17.0 Å². The highest BCUT2D eigenvalue weighted by Gasteiger charge is 2.08. The van der Waals surface area contributed by atoms with E-state index in [1.54, 1.807) is 6.07 Å². The van der Waals surface area contributed by atoms with Crippen LogP contribution in [0.5, 0.6) is 5.75 Å². The van der Waals surface area contributed by atoms with E-state index in [9.17, 15) is 0 Å². The van der Waals surface area contributed by atoms with Gasteiger partial charge in [-0.1, -0.05) is 11.6 Å². The second-order valence-corrected chi connectivity index (χ2v) is 4.29. The van der Waals surface area contributed by atoms with Gasteiger partial charge in [0.2, 0.25) is 0 Å². The third-order valence-electron chi connectivity index (χ3n) is 2.11. The molecule has 0 bridgehead atoms. The molecule has 0 saturated heterocycles. The summed E-state index contributed by atoms with van der Waals surface area (Å²) >= 11 is 6.12. The molecule has 4 nitrogen and oxygen atoms in total. The third-order valence-corrected chi connectivity index (χ3v) is 2.41. The summed E-state index contributed by atoms with van der Waals surface area (Å²) in [6.07, 6.45) is 1.57. The van der Waals surface area contributed by atoms with Gasteiger partial charge in [-0.15, -0.1) is 0 Å². The lowest BCUT2D eigenvalue weighted by molar-refractivity contribution is 0.242. The fraction of sp³-hybridized carbons (Fsp3) is 0.250. The van der Waals surface area contributed by atoms with Crippen molar-refractivity contribution in [2.24, 2.45) is 0 Å². The SMILES string of the molecule is CC(C)Oc1ccc(-c2coc(N)n2)cc1Cl. The van der Waals surface area contributed by atoms with Gasteiger partial charge >= 0.3 is 0 Å². The molecular weight excluding hydrogens is 240 g/mol. The molecule has 5 heteroatoms. The highest BCUT2D eigenvalue weighted by molar-refractivity contribution is 6.32. The van der Waals surface area contributed by atoms with Gasteiger partial charge in [-0.2, -0.15) is 4.98 Å². The number of anilines is 1. The minimum atomic E-state index is 0.0843. The molecule has 0 aliphatic heterocycles. The molecule has 0 unspecified atom stereocenters. The van der Waals surface area contributed by atoms with Crippen molar-refractivity contribution in [3.63, 3.8) is 0 Å². The highest BCUT2D eigenvalue weighted by atomic mass is 35.5. The van der Waals surface area contributed by atoms with Crippen LogP contribution < -0.4 is 10.5 Å². The second-order valence-electron chi connectivity index (χ2n) is 3.88. The number of hydrogen-bond donors (Lipinski definition) is 1. The first-order valence-electron chi connectivity index (χ1n) is 5.24. The molecule has 0 saturated carbocycles. The molecule has 0 amide bonds. The summed E-state index contributed by atoms with van der Waals surface area (Å²) in [6.45, 7) is 3.89. The number of nitrogen functional groups attached to an aromatic ring is 1. The monoisotopic (exact) mass is 252 g/mol. The molecule has 0 spiro atoms. The van der Waals surface area contributed by atoms with E-state index in [2.05, 4.69) is 4.98 Å². The second kappa shape index (κ2) is 4.67. The minimum Gasteiger partial charge on any atom is -0.489 e. The smallest absolute Gasteiger partial charge is 0.292 e. The quantitative estimate of drug-likeness (QED) is 0.910. The molecule has 2 aromatic rings. The maximum atomic E-state index is 6.12. The van der Waals surface area contributed by atoms with Gasteiger partial charge in [-0.05, 0) is 32.0 Å². The van der Waals surface area contributed by atoms with E-state index in [0.717, 1.165) is 5.56 Å². The predicted molar refractivity (Wildman–Crippen MR) is 67.1 cm³/mol. The Morgan fingerprint density at radius 1 is 1.41 bits per heavy atom. The summed E-state index contributed by atoms with van der Waals surface area (Å²) in [6, 6.07) is 5.58. The predicted octanol–water partition coefficient (Wildman–Crippen LogP) is 3.36. The van der Waals surface area contributed by atoms with Crippen LogP contribution in [-0.4, -0.2) is 11.1 Å². The van der Waals surface area contributed by atoms with Gasteiger partial charge in [-0.3, -0.25) is 0 Å². The van der Waals surface area contributed by atoms with E-state index >= 15 is 0 Å². The van der Waals surface area contributed by atoms with Gasteiger partial charge in [0.1, 0.15) is 17.7 Å². The lowest BCUT2D eigenvalue weighted by Gasteiger charge is -2.11. The van der Waals surface area contributed by atoms with Crippen molar-refractivity contribution in [1.82, 2.24) is 4.98 Å². The normalized spacial score (nSPS) is 10.8. The Kier molecular flexibility index (Phi) is 3.24. The standard InChI is InChI=1S/C12H13ClN2O2/c1-7(2)17-11-4-3-8(5-9(11)13)10-6-16-12(14)15-10/h3-7H,1-2H3,(H2,14,15). The minimum absolute atomic E-state index is 0.0843. The van der Waals surface area contributed by atoms with E-state index in [1.165, 1.54) is 6.26 Å². The van der Waals surface area contributed by atoms with Crippen LogP contribution in [0.3, 0.4) is 0 Å². The molecule has 0 aliphatic carbocycles. The first kappa shape index (κ1) is 11.8. The number of benzene rings is 1. The molecule has 0 radical (unpaired) electrons. The molecule has 1 heterocycles. The largest absolute Gasteiger partial charge is 0.489 e. The van der Waals surface area contributed by atoms with Crippen LogP contribution in [0.1, 0.15) is 13.8 Å². The van der Waals surface area contributed by atoms with Crippen molar-refractivity contribution >= 4 is 17.6 Å². The molecule has 2 rings (SSSR count). The average Bonchev–Trinajstić information content (AvgIpc) is 2.67. The van der Waals surface area contributed by atoms with Crippen LogP contribution in [-0.2, 0) is 0 Å². The zero-order valence-electron chi connectivity index (χ0n) is 9.61. The van der Waals surface area contributed by atoms with Gasteiger partial charge in [0.15, 0.2) is 0 Å². The van der Waals surface area contributed by atoms with Crippen molar-refractivity contribution in [2.75, 3.05) is 5.73 Å². The first-order valence-corrected chi connectivity index (χ1v) is 5.61. The summed E-state index contributed by atoms with van der Waals surface area (Å²) in [5, 5.41) is 0.540. The summed E-state index contributed by atoms with van der Waals surface area (Å²) in [5.41, 5.74) is 6.91. The van der Waals surface area contributed by atoms with Gasteiger partial charge in [0.25, 0.3) is 6.01 Å². The van der Waals surface area contributed by atoms with Gasteiger partial charge in [0, 0.05) is 5.56 Å². The number of aromatic nitrogens is 1. The maximum Gasteiger partial charge on any atom is 0.292 e. The van der Waals surface area contributed by atoms with Crippen molar-refractivity contribution in [1.29, 1.82) is 0 Å².